The third-order valence-corrected chi connectivity index (χ3v) is 4.38. The van der Waals surface area contributed by atoms with Crippen molar-refractivity contribution in [3.05, 3.63) is 70.1 Å². The van der Waals surface area contributed by atoms with Crippen LogP contribution in [0.2, 0.25) is 0 Å². The highest BCUT2D eigenvalue weighted by Crippen LogP contribution is 2.22. The minimum Gasteiger partial charge on any atom is -0.308 e. The van der Waals surface area contributed by atoms with Crippen molar-refractivity contribution in [2.24, 2.45) is 0 Å². The molecule has 0 aliphatic rings. The minimum atomic E-state index is -0.166. The fourth-order valence-electron chi connectivity index (χ4n) is 3.26. The summed E-state index contributed by atoms with van der Waals surface area (Å²) in [4.78, 5) is 19.2. The number of hydrogen-bond donors (Lipinski definition) is 3. The van der Waals surface area contributed by atoms with Gasteiger partial charge in [0.1, 0.15) is 0 Å². The molecule has 0 saturated heterocycles. The van der Waals surface area contributed by atoms with Crippen LogP contribution in [0.5, 0.6) is 0 Å². The van der Waals surface area contributed by atoms with Crippen molar-refractivity contribution < 1.29 is 0 Å². The number of hydrogen-bond acceptors (Lipinski definition) is 3. The smallest absolute Gasteiger partial charge is 0.308 e. The maximum Gasteiger partial charge on any atom is 0.323 e. The van der Waals surface area contributed by atoms with Crippen LogP contribution < -0.4 is 11.0 Å². The van der Waals surface area contributed by atoms with Crippen LogP contribution in [-0.4, -0.2) is 35.0 Å². The number of likely N-dealkylation sites (N-methyl/N-ethyl adjacent to an activating group) is 1. The van der Waals surface area contributed by atoms with Crippen LogP contribution in [0.15, 0.2) is 53.3 Å². The summed E-state index contributed by atoms with van der Waals surface area (Å²) in [5, 5.41) is 3.61. The highest BCUT2D eigenvalue weighted by molar-refractivity contribution is 5.74. The summed E-state index contributed by atoms with van der Waals surface area (Å²) in [7, 11) is 4.21. The van der Waals surface area contributed by atoms with Gasteiger partial charge in [-0.3, -0.25) is 0 Å². The zero-order chi connectivity index (χ0) is 17.1. The van der Waals surface area contributed by atoms with Gasteiger partial charge in [-0.2, -0.15) is 0 Å². The molecule has 0 amide bonds. The lowest BCUT2D eigenvalue weighted by Crippen LogP contribution is -2.38. The van der Waals surface area contributed by atoms with E-state index in [1.165, 1.54) is 5.56 Å². The predicted molar refractivity (Wildman–Crippen MR) is 98.1 cm³/mol. The fraction of sp³-hybridized carbons (Fsp3) is 0.316. The van der Waals surface area contributed by atoms with Crippen molar-refractivity contribution in [2.75, 3.05) is 14.1 Å². The molecule has 5 heteroatoms. The van der Waals surface area contributed by atoms with Crippen molar-refractivity contribution >= 4 is 11.0 Å². The molecule has 3 aromatic rings. The van der Waals surface area contributed by atoms with E-state index in [1.807, 2.05) is 24.3 Å². The Morgan fingerprint density at radius 3 is 2.46 bits per heavy atom. The van der Waals surface area contributed by atoms with E-state index in [4.69, 9.17) is 0 Å². The van der Waals surface area contributed by atoms with Gasteiger partial charge in [0.25, 0.3) is 0 Å². The van der Waals surface area contributed by atoms with Gasteiger partial charge in [-0.1, -0.05) is 36.4 Å². The molecule has 1 heterocycles. The summed E-state index contributed by atoms with van der Waals surface area (Å²) in [6.45, 7) is 2.95. The number of nitrogens with zero attached hydrogens (tertiary/aromatic N) is 1. The third kappa shape index (κ3) is 3.58. The van der Waals surface area contributed by atoms with Gasteiger partial charge in [0.2, 0.25) is 0 Å². The maximum absolute atomic E-state index is 11.4. The van der Waals surface area contributed by atoms with Gasteiger partial charge in [0, 0.05) is 18.6 Å². The minimum absolute atomic E-state index is 0.166. The topological polar surface area (TPSA) is 63.9 Å². The largest absolute Gasteiger partial charge is 0.323 e. The number of aromatic amines is 2. The van der Waals surface area contributed by atoms with Crippen molar-refractivity contribution in [1.29, 1.82) is 0 Å². The SMILES string of the molecule is CC(NCc1ccc2[nH]c(=O)[nH]c2c1)C(c1ccccc1)N(C)C. The van der Waals surface area contributed by atoms with Crippen LogP contribution in [0.4, 0.5) is 0 Å². The van der Waals surface area contributed by atoms with E-state index < -0.39 is 0 Å². The van der Waals surface area contributed by atoms with Crippen LogP contribution in [-0.2, 0) is 6.54 Å². The molecule has 0 aliphatic heterocycles. The van der Waals surface area contributed by atoms with Crippen molar-refractivity contribution in [3.63, 3.8) is 0 Å². The Morgan fingerprint density at radius 2 is 1.75 bits per heavy atom. The number of rotatable bonds is 6. The van der Waals surface area contributed by atoms with E-state index in [-0.39, 0.29) is 11.7 Å². The quantitative estimate of drug-likeness (QED) is 0.653. The second-order valence-corrected chi connectivity index (χ2v) is 6.45. The molecule has 5 nitrogen and oxygen atoms in total. The Morgan fingerprint density at radius 1 is 1.04 bits per heavy atom. The summed E-state index contributed by atoms with van der Waals surface area (Å²) >= 11 is 0. The lowest BCUT2D eigenvalue weighted by molar-refractivity contribution is 0.239. The molecule has 2 unspecified atom stereocenters. The summed E-state index contributed by atoms with van der Waals surface area (Å²) in [6, 6.07) is 17.1. The zero-order valence-electron chi connectivity index (χ0n) is 14.3. The lowest BCUT2D eigenvalue weighted by Gasteiger charge is -2.31. The van der Waals surface area contributed by atoms with E-state index in [0.717, 1.165) is 23.1 Å². The van der Waals surface area contributed by atoms with Gasteiger partial charge in [0.15, 0.2) is 0 Å². The van der Waals surface area contributed by atoms with Crippen LogP contribution in [0, 0.1) is 0 Å². The number of imidazole rings is 1. The third-order valence-electron chi connectivity index (χ3n) is 4.38. The number of benzene rings is 2. The Balaban J connectivity index is 1.72. The molecular formula is C19H24N4O. The summed E-state index contributed by atoms with van der Waals surface area (Å²) in [5.41, 5.74) is 3.97. The van der Waals surface area contributed by atoms with E-state index >= 15 is 0 Å². The van der Waals surface area contributed by atoms with Crippen LogP contribution in [0.25, 0.3) is 11.0 Å². The van der Waals surface area contributed by atoms with E-state index in [9.17, 15) is 4.79 Å². The van der Waals surface area contributed by atoms with E-state index in [1.54, 1.807) is 0 Å². The van der Waals surface area contributed by atoms with Crippen LogP contribution in [0.1, 0.15) is 24.1 Å². The van der Waals surface area contributed by atoms with Crippen LogP contribution in [0.3, 0.4) is 0 Å². The number of aromatic nitrogens is 2. The summed E-state index contributed by atoms with van der Waals surface area (Å²) < 4.78 is 0. The molecule has 3 rings (SSSR count). The maximum atomic E-state index is 11.4. The molecule has 0 saturated carbocycles. The summed E-state index contributed by atoms with van der Waals surface area (Å²) in [5.74, 6) is 0. The van der Waals surface area contributed by atoms with Crippen molar-refractivity contribution in [3.8, 4) is 0 Å². The van der Waals surface area contributed by atoms with E-state index in [2.05, 4.69) is 65.5 Å². The first-order valence-electron chi connectivity index (χ1n) is 8.20. The molecular weight excluding hydrogens is 300 g/mol. The number of nitrogens with one attached hydrogen (secondary N) is 3. The molecule has 0 aliphatic carbocycles. The van der Waals surface area contributed by atoms with E-state index in [0.29, 0.717) is 6.04 Å². The molecule has 1 aromatic heterocycles. The number of H-pyrrole nitrogens is 2. The van der Waals surface area contributed by atoms with Gasteiger partial charge in [-0.25, -0.2) is 4.79 Å². The molecule has 2 aromatic carbocycles. The average molecular weight is 324 g/mol. The summed E-state index contributed by atoms with van der Waals surface area (Å²) in [6.07, 6.45) is 0. The first-order chi connectivity index (χ1) is 11.5. The van der Waals surface area contributed by atoms with Crippen molar-refractivity contribution in [2.45, 2.75) is 25.6 Å². The van der Waals surface area contributed by atoms with Gasteiger partial charge >= 0.3 is 5.69 Å². The lowest BCUT2D eigenvalue weighted by atomic mass is 9.99. The van der Waals surface area contributed by atoms with Gasteiger partial charge in [-0.05, 0) is 44.3 Å². The number of fused-ring (bicyclic) bond motifs is 1. The molecule has 0 radical (unpaired) electrons. The first kappa shape index (κ1) is 16.5. The van der Waals surface area contributed by atoms with Gasteiger partial charge in [-0.15, -0.1) is 0 Å². The molecule has 0 bridgehead atoms. The van der Waals surface area contributed by atoms with Gasteiger partial charge in [0.05, 0.1) is 11.0 Å². The fourth-order valence-corrected chi connectivity index (χ4v) is 3.26. The molecule has 24 heavy (non-hydrogen) atoms. The second-order valence-electron chi connectivity index (χ2n) is 6.45. The second kappa shape index (κ2) is 7.03. The Bertz CT molecular complexity index is 850. The monoisotopic (exact) mass is 324 g/mol. The zero-order valence-corrected chi connectivity index (χ0v) is 14.3. The molecule has 3 N–H and O–H groups in total. The van der Waals surface area contributed by atoms with Crippen molar-refractivity contribution in [1.82, 2.24) is 20.2 Å². The Labute approximate surface area is 141 Å². The molecule has 126 valence electrons. The molecule has 2 atom stereocenters. The first-order valence-corrected chi connectivity index (χ1v) is 8.20. The molecule has 0 fully saturated rings. The standard InChI is InChI=1S/C19H24N4O/c1-13(18(23(2)3)15-7-5-4-6-8-15)20-12-14-9-10-16-17(11-14)22-19(24)21-16/h4-11,13,18,20H,12H2,1-3H3,(H2,21,22,24). The highest BCUT2D eigenvalue weighted by Gasteiger charge is 2.20. The van der Waals surface area contributed by atoms with Gasteiger partial charge < -0.3 is 20.2 Å². The molecule has 0 spiro atoms. The predicted octanol–water partition coefficient (Wildman–Crippen LogP) is 2.64. The Hall–Kier alpha value is -2.37. The average Bonchev–Trinajstić information content (AvgIpc) is 2.93. The highest BCUT2D eigenvalue weighted by atomic mass is 16.1. The van der Waals surface area contributed by atoms with Crippen LogP contribution >= 0.6 is 0 Å². The normalized spacial score (nSPS) is 14.2. The Kier molecular flexibility index (Phi) is 4.83.